The minimum atomic E-state index is -3.89. The van der Waals surface area contributed by atoms with E-state index in [2.05, 4.69) is 9.62 Å². The molecule has 2 N–H and O–H groups in total. The number of hydrogen-bond donors (Lipinski definition) is 2. The summed E-state index contributed by atoms with van der Waals surface area (Å²) in [5, 5.41) is 10.3. The number of anilines is 1. The normalized spacial score (nSPS) is 14.7. The molecule has 1 aliphatic heterocycles. The molecule has 10 heteroatoms. The molecule has 0 aliphatic carbocycles. The van der Waals surface area contributed by atoms with Gasteiger partial charge >= 0.3 is 5.97 Å². The molecule has 0 spiro atoms. The van der Waals surface area contributed by atoms with Crippen LogP contribution in [0.4, 0.5) is 10.1 Å². The molecule has 0 amide bonds. The van der Waals surface area contributed by atoms with Crippen LogP contribution in [-0.2, 0) is 10.0 Å². The van der Waals surface area contributed by atoms with Crippen LogP contribution < -0.4 is 4.72 Å². The van der Waals surface area contributed by atoms with E-state index >= 15 is 0 Å². The van der Waals surface area contributed by atoms with Crippen LogP contribution in [0.3, 0.4) is 0 Å². The van der Waals surface area contributed by atoms with E-state index in [-0.39, 0.29) is 29.0 Å². The van der Waals surface area contributed by atoms with Gasteiger partial charge < -0.3 is 5.11 Å². The molecule has 178 valence electrons. The molecule has 0 saturated carbocycles. The molecule has 1 saturated heterocycles. The van der Waals surface area contributed by atoms with Crippen molar-refractivity contribution in [3.05, 3.63) is 99.3 Å². The summed E-state index contributed by atoms with van der Waals surface area (Å²) < 4.78 is 41.5. The van der Waals surface area contributed by atoms with E-state index in [9.17, 15) is 17.6 Å². The number of likely N-dealkylation sites (tertiary alicyclic amines) is 1. The number of halogens is 3. The van der Waals surface area contributed by atoms with Crippen LogP contribution in [0.2, 0.25) is 10.0 Å². The van der Waals surface area contributed by atoms with Crippen molar-refractivity contribution in [2.24, 2.45) is 5.92 Å². The Labute approximate surface area is 207 Å². The van der Waals surface area contributed by atoms with Gasteiger partial charge in [0, 0.05) is 29.1 Å². The number of carboxylic acid groups (broad SMARTS) is 1. The van der Waals surface area contributed by atoms with E-state index in [1.54, 1.807) is 0 Å². The Kier molecular flexibility index (Phi) is 7.14. The first-order valence-electron chi connectivity index (χ1n) is 10.4. The van der Waals surface area contributed by atoms with Crippen molar-refractivity contribution >= 4 is 44.9 Å². The zero-order valence-electron chi connectivity index (χ0n) is 17.8. The molecule has 0 bridgehead atoms. The van der Waals surface area contributed by atoms with E-state index in [1.807, 2.05) is 48.5 Å². The van der Waals surface area contributed by atoms with E-state index in [0.29, 0.717) is 23.1 Å². The average molecular weight is 523 g/mol. The highest BCUT2D eigenvalue weighted by Crippen LogP contribution is 2.36. The zero-order chi connectivity index (χ0) is 24.5. The third-order valence-corrected chi connectivity index (χ3v) is 7.60. The van der Waals surface area contributed by atoms with Crippen molar-refractivity contribution in [1.82, 2.24) is 4.90 Å². The fraction of sp³-hybridized carbons (Fsp3) is 0.208. The number of sulfonamides is 1. The maximum Gasteiger partial charge on any atom is 0.335 e. The van der Waals surface area contributed by atoms with E-state index in [1.165, 1.54) is 0 Å². The van der Waals surface area contributed by atoms with Crippen molar-refractivity contribution in [2.75, 3.05) is 23.6 Å². The monoisotopic (exact) mass is 522 g/mol. The van der Waals surface area contributed by atoms with Crippen LogP contribution in [0.25, 0.3) is 0 Å². The van der Waals surface area contributed by atoms with Gasteiger partial charge in [0.05, 0.1) is 23.0 Å². The molecule has 34 heavy (non-hydrogen) atoms. The minimum Gasteiger partial charge on any atom is -0.478 e. The Hall–Kier alpha value is -2.65. The lowest BCUT2D eigenvalue weighted by atomic mass is 9.91. The van der Waals surface area contributed by atoms with E-state index in [4.69, 9.17) is 28.3 Å². The van der Waals surface area contributed by atoms with Gasteiger partial charge in [0.15, 0.2) is 0 Å². The quantitative estimate of drug-likeness (QED) is 0.419. The smallest absolute Gasteiger partial charge is 0.335 e. The summed E-state index contributed by atoms with van der Waals surface area (Å²) in [6.07, 6.45) is 0. The van der Waals surface area contributed by atoms with Crippen molar-refractivity contribution < 1.29 is 22.7 Å². The van der Waals surface area contributed by atoms with Crippen LogP contribution in [-0.4, -0.2) is 43.2 Å². The minimum absolute atomic E-state index is 0.105. The number of aromatic carboxylic acids is 1. The summed E-state index contributed by atoms with van der Waals surface area (Å²) in [7, 11) is -3.89. The largest absolute Gasteiger partial charge is 0.478 e. The molecule has 3 aromatic carbocycles. The summed E-state index contributed by atoms with van der Waals surface area (Å²) in [4.78, 5) is 13.3. The van der Waals surface area contributed by atoms with Gasteiger partial charge in [-0.2, -0.15) is 0 Å². The first kappa shape index (κ1) is 24.5. The molecule has 3 aromatic rings. The lowest BCUT2D eigenvalue weighted by molar-refractivity contribution is 0.0697. The molecule has 0 atom stereocenters. The second-order valence-electron chi connectivity index (χ2n) is 8.21. The number of nitrogens with one attached hydrogen (secondary N) is 1. The molecule has 0 aromatic heterocycles. The highest BCUT2D eigenvalue weighted by Gasteiger charge is 2.36. The molecular formula is C24H21Cl2FN2O4S. The van der Waals surface area contributed by atoms with Gasteiger partial charge in [-0.25, -0.2) is 17.6 Å². The molecule has 1 heterocycles. The Morgan fingerprint density at radius 2 is 1.53 bits per heavy atom. The third kappa shape index (κ3) is 5.70. The fourth-order valence-electron chi connectivity index (χ4n) is 4.09. The number of benzene rings is 3. The van der Waals surface area contributed by atoms with Crippen LogP contribution in [0.5, 0.6) is 0 Å². The zero-order valence-corrected chi connectivity index (χ0v) is 20.1. The molecule has 4 rings (SSSR count). The first-order valence-corrected chi connectivity index (χ1v) is 12.8. The van der Waals surface area contributed by atoms with Gasteiger partial charge in [0.2, 0.25) is 10.0 Å². The Bertz CT molecular complexity index is 1250. The summed E-state index contributed by atoms with van der Waals surface area (Å²) in [5.74, 6) is -2.50. The topological polar surface area (TPSA) is 86.7 Å². The van der Waals surface area contributed by atoms with Gasteiger partial charge in [-0.1, -0.05) is 47.5 Å². The van der Waals surface area contributed by atoms with Gasteiger partial charge in [-0.05, 0) is 53.6 Å². The van der Waals surface area contributed by atoms with Crippen molar-refractivity contribution in [3.8, 4) is 0 Å². The maximum atomic E-state index is 14.0. The van der Waals surface area contributed by atoms with Crippen LogP contribution in [0.1, 0.15) is 27.5 Å². The van der Waals surface area contributed by atoms with Gasteiger partial charge in [0.1, 0.15) is 5.82 Å². The Morgan fingerprint density at radius 3 is 2.03 bits per heavy atom. The van der Waals surface area contributed by atoms with Crippen LogP contribution in [0, 0.1) is 11.7 Å². The molecule has 1 aliphatic rings. The molecule has 0 radical (unpaired) electrons. The van der Waals surface area contributed by atoms with Crippen molar-refractivity contribution in [3.63, 3.8) is 0 Å². The highest BCUT2D eigenvalue weighted by molar-refractivity contribution is 7.92. The Balaban J connectivity index is 1.47. The fourth-order valence-corrected chi connectivity index (χ4v) is 5.74. The first-order chi connectivity index (χ1) is 16.1. The number of carboxylic acids is 1. The summed E-state index contributed by atoms with van der Waals surface area (Å²) in [5.41, 5.74) is 1.44. The second kappa shape index (κ2) is 9.92. The molecule has 1 fully saturated rings. The number of rotatable bonds is 8. The molecule has 6 nitrogen and oxygen atoms in total. The van der Waals surface area contributed by atoms with Gasteiger partial charge in [0.25, 0.3) is 0 Å². The summed E-state index contributed by atoms with van der Waals surface area (Å²) in [6, 6.07) is 17.9. The lowest BCUT2D eigenvalue weighted by Gasteiger charge is -2.44. The van der Waals surface area contributed by atoms with E-state index in [0.717, 1.165) is 29.3 Å². The van der Waals surface area contributed by atoms with Gasteiger partial charge in [-0.3, -0.25) is 9.62 Å². The lowest BCUT2D eigenvalue weighted by Crippen LogP contribution is -2.51. The Morgan fingerprint density at radius 1 is 1.00 bits per heavy atom. The van der Waals surface area contributed by atoms with E-state index < -0.39 is 21.8 Å². The summed E-state index contributed by atoms with van der Waals surface area (Å²) >= 11 is 12.1. The predicted molar refractivity (Wildman–Crippen MR) is 131 cm³/mol. The number of carbonyl (C=O) groups is 1. The predicted octanol–water partition coefficient (Wildman–Crippen LogP) is 5.29. The van der Waals surface area contributed by atoms with Crippen LogP contribution in [0.15, 0.2) is 66.7 Å². The molecular weight excluding hydrogens is 502 g/mol. The average Bonchev–Trinajstić information content (AvgIpc) is 2.75. The van der Waals surface area contributed by atoms with Crippen LogP contribution >= 0.6 is 23.2 Å². The maximum absolute atomic E-state index is 14.0. The van der Waals surface area contributed by atoms with Gasteiger partial charge in [-0.15, -0.1) is 0 Å². The highest BCUT2D eigenvalue weighted by atomic mass is 35.5. The SMILES string of the molecule is O=C(O)c1ccc(F)c(NS(=O)(=O)CC2CN(C(c3ccc(Cl)cc3)c3ccc(Cl)cc3)C2)c1. The summed E-state index contributed by atoms with van der Waals surface area (Å²) in [6.45, 7) is 1.02. The third-order valence-electron chi connectivity index (χ3n) is 5.66. The molecule has 0 unspecified atom stereocenters. The second-order valence-corrected chi connectivity index (χ2v) is 10.8. The van der Waals surface area contributed by atoms with Crippen molar-refractivity contribution in [2.45, 2.75) is 6.04 Å². The standard InChI is InChI=1S/C24H21Cl2FN2O4S/c25-19-6-1-16(2-7-19)23(17-3-8-20(26)9-4-17)29-12-15(13-29)14-34(32,33)28-22-11-18(24(30)31)5-10-21(22)27/h1-11,15,23,28H,12-14H2,(H,30,31). The van der Waals surface area contributed by atoms with Crippen molar-refractivity contribution in [1.29, 1.82) is 0 Å². The number of hydrogen-bond acceptors (Lipinski definition) is 4. The number of nitrogens with zero attached hydrogens (tertiary/aromatic N) is 1.